The lowest BCUT2D eigenvalue weighted by atomic mass is 10.1. The van der Waals surface area contributed by atoms with Crippen molar-refractivity contribution in [1.82, 2.24) is 19.7 Å². The molecule has 0 atom stereocenters. The highest BCUT2D eigenvalue weighted by molar-refractivity contribution is 5.76. The molecule has 1 saturated heterocycles. The van der Waals surface area contributed by atoms with Crippen LogP contribution in [0.15, 0.2) is 18.2 Å². The molecular formula is C20H27N5O2. The Hall–Kier alpha value is -2.70. The Kier molecular flexibility index (Phi) is 5.88. The second-order valence-electron chi connectivity index (χ2n) is 7.16. The number of nitrogens with two attached hydrogens (primary N) is 1. The summed E-state index contributed by atoms with van der Waals surface area (Å²) in [5.74, 6) is 0.919. The molecule has 2 aromatic rings. The van der Waals surface area contributed by atoms with Crippen molar-refractivity contribution in [2.45, 2.75) is 52.4 Å². The molecule has 7 heteroatoms. The summed E-state index contributed by atoms with van der Waals surface area (Å²) in [6.45, 7) is 5.50. The maximum atomic E-state index is 12.3. The Morgan fingerprint density at radius 1 is 1.22 bits per heavy atom. The van der Waals surface area contributed by atoms with Gasteiger partial charge in [0.25, 0.3) is 0 Å². The Morgan fingerprint density at radius 2 is 2.04 bits per heavy atom. The van der Waals surface area contributed by atoms with Gasteiger partial charge in [-0.05, 0) is 43.9 Å². The number of carbonyl (C=O) groups excluding carboxylic acids is 2. The zero-order chi connectivity index (χ0) is 19.4. The quantitative estimate of drug-likeness (QED) is 0.841. The first-order valence-electron chi connectivity index (χ1n) is 9.53. The minimum atomic E-state index is -0.456. The van der Waals surface area contributed by atoms with E-state index in [2.05, 4.69) is 23.1 Å². The van der Waals surface area contributed by atoms with E-state index < -0.39 is 5.91 Å². The summed E-state index contributed by atoms with van der Waals surface area (Å²) in [4.78, 5) is 30.0. The number of aryl methyl sites for hydroxylation is 1. The minimum Gasteiger partial charge on any atom is -0.369 e. The molecule has 1 aromatic heterocycles. The third-order valence-electron chi connectivity index (χ3n) is 5.13. The lowest BCUT2D eigenvalue weighted by Gasteiger charge is -2.20. The van der Waals surface area contributed by atoms with Gasteiger partial charge < -0.3 is 10.6 Å². The predicted molar refractivity (Wildman–Crippen MR) is 102 cm³/mol. The number of hydrogen-bond donors (Lipinski definition) is 1. The molecule has 0 bridgehead atoms. The van der Waals surface area contributed by atoms with Gasteiger partial charge in [0.05, 0.1) is 12.1 Å². The van der Waals surface area contributed by atoms with Crippen LogP contribution < -0.4 is 5.73 Å². The smallest absolute Gasteiger partial charge is 0.225 e. The molecule has 2 amide bonds. The lowest BCUT2D eigenvalue weighted by Crippen LogP contribution is -2.32. The van der Waals surface area contributed by atoms with E-state index in [1.165, 1.54) is 0 Å². The summed E-state index contributed by atoms with van der Waals surface area (Å²) in [5, 5.41) is 4.53. The monoisotopic (exact) mass is 369 g/mol. The van der Waals surface area contributed by atoms with Gasteiger partial charge in [-0.3, -0.25) is 9.59 Å². The standard InChI is InChI=1S/C20H27N5O2/c1-14-7-6-8-16(15(14)2)25-19(22-18(23-25)13-17(21)26)10-12-24-11-5-3-4-9-20(24)27/h6-8H,3-5,9-13H2,1-2H3,(H2,21,26). The molecule has 3 rings (SSSR count). The highest BCUT2D eigenvalue weighted by Crippen LogP contribution is 2.19. The summed E-state index contributed by atoms with van der Waals surface area (Å²) in [6, 6.07) is 6.02. The van der Waals surface area contributed by atoms with Crippen molar-refractivity contribution in [2.75, 3.05) is 13.1 Å². The fraction of sp³-hybridized carbons (Fsp3) is 0.500. The van der Waals surface area contributed by atoms with Gasteiger partial charge in [-0.25, -0.2) is 9.67 Å². The van der Waals surface area contributed by atoms with Crippen LogP contribution in [0.1, 0.15) is 48.5 Å². The highest BCUT2D eigenvalue weighted by atomic mass is 16.2. The van der Waals surface area contributed by atoms with Crippen LogP contribution in [0, 0.1) is 13.8 Å². The van der Waals surface area contributed by atoms with Crippen LogP contribution in [0.5, 0.6) is 0 Å². The molecule has 2 N–H and O–H groups in total. The topological polar surface area (TPSA) is 94.1 Å². The fourth-order valence-corrected chi connectivity index (χ4v) is 3.45. The summed E-state index contributed by atoms with van der Waals surface area (Å²) in [6.07, 6.45) is 4.33. The Labute approximate surface area is 159 Å². The molecule has 0 aliphatic carbocycles. The van der Waals surface area contributed by atoms with Crippen molar-refractivity contribution in [2.24, 2.45) is 5.73 Å². The van der Waals surface area contributed by atoms with Gasteiger partial charge in [0.2, 0.25) is 11.8 Å². The van der Waals surface area contributed by atoms with Gasteiger partial charge in [0.1, 0.15) is 5.82 Å². The predicted octanol–water partition coefficient (Wildman–Crippen LogP) is 1.86. The van der Waals surface area contributed by atoms with Gasteiger partial charge >= 0.3 is 0 Å². The van der Waals surface area contributed by atoms with Crippen LogP contribution in [-0.4, -0.2) is 44.6 Å². The number of aromatic nitrogens is 3. The Balaban J connectivity index is 1.88. The molecule has 27 heavy (non-hydrogen) atoms. The first-order chi connectivity index (χ1) is 13.0. The molecule has 1 aromatic carbocycles. The zero-order valence-corrected chi connectivity index (χ0v) is 16.1. The lowest BCUT2D eigenvalue weighted by molar-refractivity contribution is -0.130. The normalized spacial score (nSPS) is 15.0. The number of amides is 2. The van der Waals surface area contributed by atoms with E-state index in [0.717, 1.165) is 48.4 Å². The van der Waals surface area contributed by atoms with Gasteiger partial charge in [-0.15, -0.1) is 0 Å². The average molecular weight is 369 g/mol. The maximum absolute atomic E-state index is 12.3. The van der Waals surface area contributed by atoms with Crippen LogP contribution in [0.2, 0.25) is 0 Å². The Bertz CT molecular complexity index is 843. The van der Waals surface area contributed by atoms with Crippen LogP contribution in [-0.2, 0) is 22.4 Å². The van der Waals surface area contributed by atoms with Crippen LogP contribution in [0.25, 0.3) is 5.69 Å². The van der Waals surface area contributed by atoms with Crippen LogP contribution >= 0.6 is 0 Å². The van der Waals surface area contributed by atoms with E-state index in [1.807, 2.05) is 24.0 Å². The van der Waals surface area contributed by atoms with Crippen molar-refractivity contribution >= 4 is 11.8 Å². The summed E-state index contributed by atoms with van der Waals surface area (Å²) < 4.78 is 1.79. The number of carbonyl (C=O) groups is 2. The van der Waals surface area contributed by atoms with Crippen LogP contribution in [0.3, 0.4) is 0 Å². The second-order valence-corrected chi connectivity index (χ2v) is 7.16. The Morgan fingerprint density at radius 3 is 2.81 bits per heavy atom. The largest absolute Gasteiger partial charge is 0.369 e. The molecule has 2 heterocycles. The molecule has 0 radical (unpaired) electrons. The fourth-order valence-electron chi connectivity index (χ4n) is 3.45. The van der Waals surface area contributed by atoms with E-state index in [4.69, 9.17) is 5.73 Å². The number of nitrogens with zero attached hydrogens (tertiary/aromatic N) is 4. The number of likely N-dealkylation sites (tertiary alicyclic amines) is 1. The van der Waals surface area contributed by atoms with Crippen molar-refractivity contribution in [1.29, 1.82) is 0 Å². The molecule has 0 unspecified atom stereocenters. The first-order valence-corrected chi connectivity index (χ1v) is 9.53. The maximum Gasteiger partial charge on any atom is 0.225 e. The van der Waals surface area contributed by atoms with Crippen molar-refractivity contribution < 1.29 is 9.59 Å². The molecular weight excluding hydrogens is 342 g/mol. The van der Waals surface area contributed by atoms with E-state index >= 15 is 0 Å². The SMILES string of the molecule is Cc1cccc(-n2nc(CC(N)=O)nc2CCN2CCCCCC2=O)c1C. The second kappa shape index (κ2) is 8.33. The molecule has 0 spiro atoms. The molecule has 1 aliphatic heterocycles. The average Bonchev–Trinajstić information content (AvgIpc) is 2.88. The number of rotatable bonds is 6. The van der Waals surface area contributed by atoms with E-state index in [-0.39, 0.29) is 12.3 Å². The third kappa shape index (κ3) is 4.53. The molecule has 1 aliphatic rings. The van der Waals surface area contributed by atoms with E-state index in [9.17, 15) is 9.59 Å². The number of hydrogen-bond acceptors (Lipinski definition) is 4. The summed E-state index contributed by atoms with van der Waals surface area (Å²) >= 11 is 0. The van der Waals surface area contributed by atoms with Gasteiger partial charge in [-0.2, -0.15) is 5.10 Å². The van der Waals surface area contributed by atoms with Crippen molar-refractivity contribution in [3.8, 4) is 5.69 Å². The van der Waals surface area contributed by atoms with Crippen LogP contribution in [0.4, 0.5) is 0 Å². The van der Waals surface area contributed by atoms with Gasteiger partial charge in [0.15, 0.2) is 5.82 Å². The van der Waals surface area contributed by atoms with Gasteiger partial charge in [0, 0.05) is 25.9 Å². The summed E-state index contributed by atoms with van der Waals surface area (Å²) in [7, 11) is 0. The highest BCUT2D eigenvalue weighted by Gasteiger charge is 2.19. The number of benzene rings is 1. The van der Waals surface area contributed by atoms with Crippen molar-refractivity contribution in [3.05, 3.63) is 41.0 Å². The molecule has 1 fully saturated rings. The van der Waals surface area contributed by atoms with Crippen molar-refractivity contribution in [3.63, 3.8) is 0 Å². The van der Waals surface area contributed by atoms with E-state index in [0.29, 0.717) is 25.2 Å². The third-order valence-corrected chi connectivity index (χ3v) is 5.13. The molecule has 144 valence electrons. The van der Waals surface area contributed by atoms with Gasteiger partial charge in [-0.1, -0.05) is 18.6 Å². The first kappa shape index (κ1) is 19.1. The molecule has 7 nitrogen and oxygen atoms in total. The van der Waals surface area contributed by atoms with E-state index in [1.54, 1.807) is 4.68 Å². The number of primary amides is 1. The minimum absolute atomic E-state index is 0.00745. The summed E-state index contributed by atoms with van der Waals surface area (Å²) in [5.41, 5.74) is 8.53. The molecule has 0 saturated carbocycles. The zero-order valence-electron chi connectivity index (χ0n) is 16.1.